The van der Waals surface area contributed by atoms with Gasteiger partial charge in [-0.05, 0) is 18.4 Å². The van der Waals surface area contributed by atoms with E-state index in [1.807, 2.05) is 0 Å². The van der Waals surface area contributed by atoms with E-state index >= 15 is 0 Å². The van der Waals surface area contributed by atoms with Crippen LogP contribution in [0.2, 0.25) is 0 Å². The van der Waals surface area contributed by atoms with E-state index in [4.69, 9.17) is 0 Å². The summed E-state index contributed by atoms with van der Waals surface area (Å²) in [5.41, 5.74) is 3.73. The van der Waals surface area contributed by atoms with Crippen LogP contribution in [0.4, 0.5) is 0 Å². The van der Waals surface area contributed by atoms with Crippen molar-refractivity contribution in [2.45, 2.75) is 12.8 Å². The van der Waals surface area contributed by atoms with Gasteiger partial charge in [0, 0.05) is 11.8 Å². The van der Waals surface area contributed by atoms with Crippen LogP contribution < -0.4 is 0 Å². The second kappa shape index (κ2) is 4.05. The Morgan fingerprint density at radius 3 is 3.00 bits per heavy atom. The molecule has 1 aliphatic rings. The first kappa shape index (κ1) is 8.95. The molecule has 70 valence electrons. The Balaban J connectivity index is 2.40. The van der Waals surface area contributed by atoms with Gasteiger partial charge in [-0.1, -0.05) is 43.0 Å². The number of hydrogen-bond donors (Lipinski definition) is 0. The van der Waals surface area contributed by atoms with Gasteiger partial charge in [-0.15, -0.1) is 0 Å². The fourth-order valence-corrected chi connectivity index (χ4v) is 1.72. The smallest absolute Gasteiger partial charge is 0.0664 e. The molecule has 1 aliphatic carbocycles. The molecule has 2 rings (SSSR count). The number of hydrogen-bond acceptors (Lipinski definition) is 1. The van der Waals surface area contributed by atoms with Crippen LogP contribution >= 0.6 is 0 Å². The van der Waals surface area contributed by atoms with Crippen molar-refractivity contribution in [2.75, 3.05) is 0 Å². The Morgan fingerprint density at radius 1 is 1.29 bits per heavy atom. The number of allylic oxidation sites excluding steroid dienone is 2. The molecule has 0 fully saturated rings. The van der Waals surface area contributed by atoms with Crippen LogP contribution in [-0.4, -0.2) is 6.21 Å². The van der Waals surface area contributed by atoms with E-state index in [2.05, 4.69) is 41.9 Å². The van der Waals surface area contributed by atoms with Crippen molar-refractivity contribution in [3.8, 4) is 0 Å². The molecule has 14 heavy (non-hydrogen) atoms. The lowest BCUT2D eigenvalue weighted by Gasteiger charge is -2.13. The molecule has 0 atom stereocenters. The van der Waals surface area contributed by atoms with Gasteiger partial charge in [0.25, 0.3) is 0 Å². The maximum absolute atomic E-state index is 4.36. The largest absolute Gasteiger partial charge is 0.257 e. The number of aryl methyl sites for hydroxylation is 1. The molecule has 0 radical (unpaired) electrons. The highest BCUT2D eigenvalue weighted by molar-refractivity contribution is 5.80. The molecule has 0 saturated carbocycles. The maximum atomic E-state index is 4.36. The Kier molecular flexibility index (Phi) is 2.59. The first-order valence-electron chi connectivity index (χ1n) is 4.85. The predicted octanol–water partition coefficient (Wildman–Crippen LogP) is 3.23. The van der Waals surface area contributed by atoms with Crippen LogP contribution in [0, 0.1) is 0 Å². The molecule has 1 nitrogen and oxygen atoms in total. The lowest BCUT2D eigenvalue weighted by molar-refractivity contribution is 0.973. The second-order valence-corrected chi connectivity index (χ2v) is 3.30. The monoisotopic (exact) mass is 183 g/mol. The average Bonchev–Trinajstić information content (AvgIpc) is 2.26. The van der Waals surface area contributed by atoms with Gasteiger partial charge in [0.05, 0.1) is 5.70 Å². The minimum Gasteiger partial charge on any atom is -0.257 e. The van der Waals surface area contributed by atoms with Crippen molar-refractivity contribution in [3.63, 3.8) is 0 Å². The van der Waals surface area contributed by atoms with Gasteiger partial charge in [0.15, 0.2) is 0 Å². The number of rotatable bonds is 2. The standard InChI is InChI=1S/C13H13N/c1-2-10-14-13-9-5-7-11-6-3-4-8-12(11)13/h2-4,6,8-10H,1,5,7H2. The van der Waals surface area contributed by atoms with Crippen molar-refractivity contribution in [2.24, 2.45) is 4.99 Å². The third-order valence-electron chi connectivity index (χ3n) is 2.36. The fraction of sp³-hybridized carbons (Fsp3) is 0.154. The molecule has 0 amide bonds. The van der Waals surface area contributed by atoms with Crippen LogP contribution in [0.1, 0.15) is 17.5 Å². The van der Waals surface area contributed by atoms with E-state index in [1.54, 1.807) is 12.3 Å². The summed E-state index contributed by atoms with van der Waals surface area (Å²) < 4.78 is 0. The van der Waals surface area contributed by atoms with E-state index in [1.165, 1.54) is 11.1 Å². The van der Waals surface area contributed by atoms with Gasteiger partial charge in [-0.2, -0.15) is 0 Å². The Morgan fingerprint density at radius 2 is 2.14 bits per heavy atom. The van der Waals surface area contributed by atoms with Crippen molar-refractivity contribution in [3.05, 3.63) is 54.1 Å². The highest BCUT2D eigenvalue weighted by Gasteiger charge is 2.09. The normalized spacial score (nSPS) is 15.0. The molecule has 1 aromatic carbocycles. The summed E-state index contributed by atoms with van der Waals surface area (Å²) >= 11 is 0. The molecule has 0 saturated heterocycles. The van der Waals surface area contributed by atoms with Gasteiger partial charge in [-0.25, -0.2) is 0 Å². The van der Waals surface area contributed by atoms with Gasteiger partial charge in [0.1, 0.15) is 0 Å². The van der Waals surface area contributed by atoms with Crippen LogP contribution in [-0.2, 0) is 6.42 Å². The molecule has 0 spiro atoms. The first-order chi connectivity index (χ1) is 6.92. The van der Waals surface area contributed by atoms with Crippen LogP contribution in [0.15, 0.2) is 48.0 Å². The molecule has 0 aromatic heterocycles. The van der Waals surface area contributed by atoms with E-state index in [0.29, 0.717) is 0 Å². The second-order valence-electron chi connectivity index (χ2n) is 3.30. The minimum atomic E-state index is 1.08. The fourth-order valence-electron chi connectivity index (χ4n) is 1.72. The zero-order valence-corrected chi connectivity index (χ0v) is 8.11. The van der Waals surface area contributed by atoms with Crippen molar-refractivity contribution < 1.29 is 0 Å². The third kappa shape index (κ3) is 1.67. The highest BCUT2D eigenvalue weighted by atomic mass is 14.7. The molecule has 0 unspecified atom stereocenters. The lowest BCUT2D eigenvalue weighted by atomic mass is 9.95. The molecule has 0 bridgehead atoms. The van der Waals surface area contributed by atoms with E-state index < -0.39 is 0 Å². The SMILES string of the molecule is C=CC=NC1=CCCc2ccccc21. The van der Waals surface area contributed by atoms with Gasteiger partial charge >= 0.3 is 0 Å². The summed E-state index contributed by atoms with van der Waals surface area (Å²) in [4.78, 5) is 4.36. The number of aliphatic imine (C=N–C) groups is 1. The summed E-state index contributed by atoms with van der Waals surface area (Å²) in [5.74, 6) is 0. The van der Waals surface area contributed by atoms with Gasteiger partial charge in [0.2, 0.25) is 0 Å². The topological polar surface area (TPSA) is 12.4 Å². The zero-order chi connectivity index (χ0) is 9.80. The molecular weight excluding hydrogens is 170 g/mol. The van der Waals surface area contributed by atoms with E-state index in [0.717, 1.165) is 18.5 Å². The average molecular weight is 183 g/mol. The summed E-state index contributed by atoms with van der Waals surface area (Å²) in [7, 11) is 0. The van der Waals surface area contributed by atoms with Gasteiger partial charge < -0.3 is 0 Å². The van der Waals surface area contributed by atoms with Crippen molar-refractivity contribution >= 4 is 11.9 Å². The van der Waals surface area contributed by atoms with E-state index in [9.17, 15) is 0 Å². The third-order valence-corrected chi connectivity index (χ3v) is 2.36. The molecular formula is C13H13N. The number of benzene rings is 1. The molecule has 0 aliphatic heterocycles. The van der Waals surface area contributed by atoms with Crippen molar-refractivity contribution in [1.29, 1.82) is 0 Å². The predicted molar refractivity (Wildman–Crippen MR) is 61.4 cm³/mol. The Hall–Kier alpha value is -1.63. The summed E-state index contributed by atoms with van der Waals surface area (Å²) in [6.45, 7) is 3.62. The molecule has 1 aromatic rings. The highest BCUT2D eigenvalue weighted by Crippen LogP contribution is 2.26. The summed E-state index contributed by atoms with van der Waals surface area (Å²) in [6.07, 6.45) is 7.85. The maximum Gasteiger partial charge on any atom is 0.0664 e. The lowest BCUT2D eigenvalue weighted by Crippen LogP contribution is -1.97. The quantitative estimate of drug-likeness (QED) is 0.624. The van der Waals surface area contributed by atoms with Crippen molar-refractivity contribution in [1.82, 2.24) is 0 Å². The molecule has 0 heterocycles. The van der Waals surface area contributed by atoms with Crippen LogP contribution in [0.5, 0.6) is 0 Å². The number of nitrogens with zero attached hydrogens (tertiary/aromatic N) is 1. The Labute approximate surface area is 84.5 Å². The first-order valence-corrected chi connectivity index (χ1v) is 4.85. The molecule has 0 N–H and O–H groups in total. The van der Waals surface area contributed by atoms with Crippen LogP contribution in [0.25, 0.3) is 5.70 Å². The van der Waals surface area contributed by atoms with E-state index in [-0.39, 0.29) is 0 Å². The number of fused-ring (bicyclic) bond motifs is 1. The Bertz CT molecular complexity index is 399. The molecule has 1 heteroatoms. The summed E-state index contributed by atoms with van der Waals surface area (Å²) in [5, 5.41) is 0. The minimum absolute atomic E-state index is 1.08. The summed E-state index contributed by atoms with van der Waals surface area (Å²) in [6, 6.07) is 8.44. The van der Waals surface area contributed by atoms with Gasteiger partial charge in [-0.3, -0.25) is 4.99 Å². The van der Waals surface area contributed by atoms with Crippen LogP contribution in [0.3, 0.4) is 0 Å². The zero-order valence-electron chi connectivity index (χ0n) is 8.11.